The van der Waals surface area contributed by atoms with E-state index in [0.717, 1.165) is 5.52 Å². The molecule has 1 aromatic heterocycles. The van der Waals surface area contributed by atoms with Crippen LogP contribution in [-0.2, 0) is 0 Å². The van der Waals surface area contributed by atoms with Crippen molar-refractivity contribution in [2.75, 3.05) is 0 Å². The summed E-state index contributed by atoms with van der Waals surface area (Å²) in [4.78, 5) is 15.3. The second kappa shape index (κ2) is 2.60. The van der Waals surface area contributed by atoms with E-state index in [-0.39, 0.29) is 5.82 Å². The summed E-state index contributed by atoms with van der Waals surface area (Å²) >= 11 is 0. The summed E-state index contributed by atoms with van der Waals surface area (Å²) in [5.74, 6) is 0.343. The highest BCUT2D eigenvalue weighted by Crippen LogP contribution is 2.29. The molecule has 2 N–H and O–H groups in total. The summed E-state index contributed by atoms with van der Waals surface area (Å²) in [7, 11) is 0. The van der Waals surface area contributed by atoms with E-state index < -0.39 is 5.91 Å². The predicted molar refractivity (Wildman–Crippen MR) is 54.2 cm³/mol. The molecule has 1 amide bonds. The maximum absolute atomic E-state index is 11.1. The molecule has 0 atom stereocenters. The van der Waals surface area contributed by atoms with Gasteiger partial charge in [-0.2, -0.15) is 0 Å². The molecular weight excluding hydrogens is 194 g/mol. The van der Waals surface area contributed by atoms with Crippen LogP contribution in [0.25, 0.3) is 17.2 Å². The largest absolute Gasteiger partial charge is 0.461 e. The fourth-order valence-electron chi connectivity index (χ4n) is 1.70. The summed E-state index contributed by atoms with van der Waals surface area (Å²) in [5, 5.41) is 0. The molecule has 3 rings (SSSR count). The fourth-order valence-corrected chi connectivity index (χ4v) is 1.70. The summed E-state index contributed by atoms with van der Waals surface area (Å²) in [6.45, 7) is 0. The number of rotatable bonds is 1. The van der Waals surface area contributed by atoms with Gasteiger partial charge in [0.1, 0.15) is 11.8 Å². The van der Waals surface area contributed by atoms with Crippen LogP contribution in [-0.4, -0.2) is 15.5 Å². The minimum atomic E-state index is -0.552. The zero-order valence-corrected chi connectivity index (χ0v) is 7.68. The van der Waals surface area contributed by atoms with E-state index in [1.807, 2.05) is 18.2 Å². The first-order valence-electron chi connectivity index (χ1n) is 4.41. The van der Waals surface area contributed by atoms with Crippen molar-refractivity contribution in [2.24, 2.45) is 5.73 Å². The molecule has 0 spiro atoms. The molecule has 0 aliphatic carbocycles. The van der Waals surface area contributed by atoms with Gasteiger partial charge in [-0.05, 0) is 12.1 Å². The van der Waals surface area contributed by atoms with Crippen LogP contribution in [0.3, 0.4) is 0 Å². The Morgan fingerprint density at radius 3 is 3.13 bits per heavy atom. The molecule has 1 aliphatic heterocycles. The average molecular weight is 201 g/mol. The van der Waals surface area contributed by atoms with Crippen molar-refractivity contribution >= 4 is 23.1 Å². The lowest BCUT2D eigenvalue weighted by Gasteiger charge is -2.09. The van der Waals surface area contributed by atoms with Gasteiger partial charge in [-0.1, -0.05) is 6.07 Å². The van der Waals surface area contributed by atoms with E-state index in [4.69, 9.17) is 10.5 Å². The van der Waals surface area contributed by atoms with Gasteiger partial charge in [0.25, 0.3) is 5.91 Å². The van der Waals surface area contributed by atoms with Gasteiger partial charge in [-0.25, -0.2) is 4.98 Å². The zero-order chi connectivity index (χ0) is 10.4. The van der Waals surface area contributed by atoms with Gasteiger partial charge >= 0.3 is 0 Å². The monoisotopic (exact) mass is 201 g/mol. The third-order valence-electron chi connectivity index (χ3n) is 2.30. The van der Waals surface area contributed by atoms with E-state index in [1.54, 1.807) is 10.8 Å². The molecule has 0 fully saturated rings. The molecular formula is C10H7N3O2. The zero-order valence-electron chi connectivity index (χ0n) is 7.68. The van der Waals surface area contributed by atoms with Gasteiger partial charge in [0, 0.05) is 6.20 Å². The van der Waals surface area contributed by atoms with Gasteiger partial charge in [-0.3, -0.25) is 9.36 Å². The standard InChI is InChI=1S/C10H7N3O2/c11-9(14)10-12-6-2-1-3-7-8(6)13(10)4-5-15-7/h1-5H,(H2,11,14). The van der Waals surface area contributed by atoms with Crippen molar-refractivity contribution in [3.8, 4) is 5.75 Å². The molecule has 0 saturated heterocycles. The number of amides is 1. The van der Waals surface area contributed by atoms with Gasteiger partial charge in [0.05, 0.1) is 5.52 Å². The molecule has 74 valence electrons. The number of hydrogen-bond acceptors (Lipinski definition) is 3. The highest BCUT2D eigenvalue weighted by molar-refractivity contribution is 5.97. The third-order valence-corrected chi connectivity index (χ3v) is 2.30. The number of imidazole rings is 1. The van der Waals surface area contributed by atoms with Crippen molar-refractivity contribution in [3.63, 3.8) is 0 Å². The van der Waals surface area contributed by atoms with Gasteiger partial charge in [0.15, 0.2) is 5.75 Å². The van der Waals surface area contributed by atoms with Gasteiger partial charge in [0.2, 0.25) is 5.82 Å². The van der Waals surface area contributed by atoms with E-state index >= 15 is 0 Å². The minimum Gasteiger partial charge on any atom is -0.461 e. The SMILES string of the molecule is NC(=O)c1nc2cccc3c2n1C=CO3. The number of benzene rings is 1. The molecule has 5 nitrogen and oxygen atoms in total. The Kier molecular flexibility index (Phi) is 1.39. The molecule has 5 heteroatoms. The molecule has 0 radical (unpaired) electrons. The number of para-hydroxylation sites is 1. The first-order chi connectivity index (χ1) is 7.27. The Morgan fingerprint density at radius 2 is 2.33 bits per heavy atom. The number of primary amides is 1. The second-order valence-corrected chi connectivity index (χ2v) is 3.20. The van der Waals surface area contributed by atoms with E-state index in [1.165, 1.54) is 6.26 Å². The van der Waals surface area contributed by atoms with Crippen LogP contribution < -0.4 is 10.5 Å². The molecule has 1 aromatic carbocycles. The molecule has 1 aliphatic rings. The lowest BCUT2D eigenvalue weighted by molar-refractivity contribution is 0.0990. The molecule has 2 aromatic rings. The van der Waals surface area contributed by atoms with Crippen LogP contribution in [0.2, 0.25) is 0 Å². The van der Waals surface area contributed by atoms with Gasteiger partial charge < -0.3 is 10.5 Å². The van der Waals surface area contributed by atoms with Crippen molar-refractivity contribution in [2.45, 2.75) is 0 Å². The van der Waals surface area contributed by atoms with E-state index in [0.29, 0.717) is 11.3 Å². The Balaban J connectivity index is 2.48. The predicted octanol–water partition coefficient (Wildman–Crippen LogP) is 0.956. The van der Waals surface area contributed by atoms with E-state index in [2.05, 4.69) is 4.98 Å². The fraction of sp³-hybridized carbons (Fsp3) is 0. The Bertz CT molecular complexity index is 598. The van der Waals surface area contributed by atoms with Crippen molar-refractivity contribution < 1.29 is 9.53 Å². The molecule has 15 heavy (non-hydrogen) atoms. The maximum Gasteiger partial charge on any atom is 0.285 e. The van der Waals surface area contributed by atoms with Crippen LogP contribution in [0.4, 0.5) is 0 Å². The summed E-state index contributed by atoms with van der Waals surface area (Å²) in [5.41, 5.74) is 6.70. The summed E-state index contributed by atoms with van der Waals surface area (Å²) in [6, 6.07) is 5.44. The third kappa shape index (κ3) is 0.969. The lowest BCUT2D eigenvalue weighted by atomic mass is 10.3. The molecule has 0 unspecified atom stereocenters. The second-order valence-electron chi connectivity index (χ2n) is 3.20. The highest BCUT2D eigenvalue weighted by Gasteiger charge is 2.18. The van der Waals surface area contributed by atoms with E-state index in [9.17, 15) is 4.79 Å². The average Bonchev–Trinajstić information content (AvgIpc) is 2.61. The van der Waals surface area contributed by atoms with Crippen LogP contribution in [0.15, 0.2) is 24.5 Å². The molecule has 0 saturated carbocycles. The first kappa shape index (κ1) is 8.05. The van der Waals surface area contributed by atoms with Crippen molar-refractivity contribution in [1.82, 2.24) is 9.55 Å². The Labute approximate surface area is 84.8 Å². The van der Waals surface area contributed by atoms with Crippen molar-refractivity contribution in [1.29, 1.82) is 0 Å². The summed E-state index contributed by atoms with van der Waals surface area (Å²) in [6.07, 6.45) is 3.12. The van der Waals surface area contributed by atoms with Crippen molar-refractivity contribution in [3.05, 3.63) is 30.3 Å². The topological polar surface area (TPSA) is 70.1 Å². The normalized spacial score (nSPS) is 12.8. The van der Waals surface area contributed by atoms with Crippen LogP contribution >= 0.6 is 0 Å². The smallest absolute Gasteiger partial charge is 0.285 e. The maximum atomic E-state index is 11.1. The number of nitrogens with zero attached hydrogens (tertiary/aromatic N) is 2. The van der Waals surface area contributed by atoms with Crippen LogP contribution in [0.1, 0.15) is 10.6 Å². The number of aromatic nitrogens is 2. The lowest BCUT2D eigenvalue weighted by Crippen LogP contribution is -2.16. The van der Waals surface area contributed by atoms with Gasteiger partial charge in [-0.15, -0.1) is 0 Å². The number of carbonyl (C=O) groups excluding carboxylic acids is 1. The minimum absolute atomic E-state index is 0.219. The quantitative estimate of drug-likeness (QED) is 0.746. The number of hydrogen-bond donors (Lipinski definition) is 1. The molecule has 0 bridgehead atoms. The highest BCUT2D eigenvalue weighted by atomic mass is 16.5. The van der Waals surface area contributed by atoms with Crippen LogP contribution in [0, 0.1) is 0 Å². The number of carbonyl (C=O) groups is 1. The summed E-state index contributed by atoms with van der Waals surface area (Å²) < 4.78 is 6.93. The Hall–Kier alpha value is -2.30. The molecule has 2 heterocycles. The number of ether oxygens (including phenoxy) is 1. The number of nitrogens with two attached hydrogens (primary N) is 1. The first-order valence-corrected chi connectivity index (χ1v) is 4.41. The Morgan fingerprint density at radius 1 is 1.47 bits per heavy atom. The van der Waals surface area contributed by atoms with Crippen LogP contribution in [0.5, 0.6) is 5.75 Å².